The minimum Gasteiger partial charge on any atom is -0.377 e. The molecule has 1 heteroatoms. The van der Waals surface area contributed by atoms with Gasteiger partial charge in [-0.3, -0.25) is 0 Å². The molecular formula is C13H22O. The van der Waals surface area contributed by atoms with E-state index in [1.165, 1.54) is 12.8 Å². The molecule has 2 atom stereocenters. The largest absolute Gasteiger partial charge is 0.377 e. The van der Waals surface area contributed by atoms with Gasteiger partial charge in [0.25, 0.3) is 0 Å². The highest BCUT2D eigenvalue weighted by molar-refractivity contribution is 5.16. The molecule has 0 aliphatic heterocycles. The van der Waals surface area contributed by atoms with E-state index in [2.05, 4.69) is 25.7 Å². The van der Waals surface area contributed by atoms with Gasteiger partial charge in [-0.2, -0.15) is 0 Å². The van der Waals surface area contributed by atoms with Crippen LogP contribution in [0, 0.1) is 17.8 Å². The summed E-state index contributed by atoms with van der Waals surface area (Å²) in [5.41, 5.74) is -0.675. The smallest absolute Gasteiger partial charge is 0.128 e. The van der Waals surface area contributed by atoms with Crippen molar-refractivity contribution < 1.29 is 5.11 Å². The van der Waals surface area contributed by atoms with E-state index in [1.54, 1.807) is 0 Å². The predicted octanol–water partition coefficient (Wildman–Crippen LogP) is 3.12. The fourth-order valence-corrected chi connectivity index (χ4v) is 2.00. The molecule has 1 saturated carbocycles. The van der Waals surface area contributed by atoms with Crippen LogP contribution >= 0.6 is 0 Å². The highest BCUT2D eigenvalue weighted by Crippen LogP contribution is 2.32. The molecule has 1 aliphatic rings. The molecular weight excluding hydrogens is 172 g/mol. The molecule has 80 valence electrons. The Morgan fingerprint density at radius 3 is 2.86 bits per heavy atom. The Morgan fingerprint density at radius 1 is 1.43 bits per heavy atom. The molecule has 14 heavy (non-hydrogen) atoms. The summed E-state index contributed by atoms with van der Waals surface area (Å²) in [4.78, 5) is 0. The van der Waals surface area contributed by atoms with Gasteiger partial charge in [-0.15, -0.1) is 5.92 Å². The van der Waals surface area contributed by atoms with Crippen molar-refractivity contribution in [2.24, 2.45) is 5.92 Å². The Balaban J connectivity index is 2.48. The van der Waals surface area contributed by atoms with Crippen LogP contribution < -0.4 is 0 Å². The van der Waals surface area contributed by atoms with Crippen LogP contribution in [0.25, 0.3) is 0 Å². The first kappa shape index (κ1) is 11.6. The Kier molecular flexibility index (Phi) is 4.48. The average molecular weight is 194 g/mol. The van der Waals surface area contributed by atoms with Crippen LogP contribution in [0.4, 0.5) is 0 Å². The van der Waals surface area contributed by atoms with Crippen LogP contribution in [0.5, 0.6) is 0 Å². The molecule has 0 amide bonds. The third-order valence-corrected chi connectivity index (χ3v) is 3.22. The lowest BCUT2D eigenvalue weighted by molar-refractivity contribution is 0.0125. The summed E-state index contributed by atoms with van der Waals surface area (Å²) in [6, 6.07) is 0. The second-order valence-corrected chi connectivity index (χ2v) is 4.48. The fourth-order valence-electron chi connectivity index (χ4n) is 2.00. The van der Waals surface area contributed by atoms with Crippen LogP contribution in [0.2, 0.25) is 0 Å². The standard InChI is InChI=1S/C13H22O/c1-3-4-5-7-10-13(14)11-8-6-9-12(13)2/h12,14H,3-6,8-9,11H2,1-2H3/t12?,13-/m1/s1. The first-order chi connectivity index (χ1) is 6.69. The average Bonchev–Trinajstić information content (AvgIpc) is 2.18. The molecule has 0 aromatic rings. The Labute approximate surface area is 87.9 Å². The highest BCUT2D eigenvalue weighted by atomic mass is 16.3. The second-order valence-electron chi connectivity index (χ2n) is 4.48. The maximum atomic E-state index is 10.3. The van der Waals surface area contributed by atoms with Crippen LogP contribution in [-0.4, -0.2) is 10.7 Å². The summed E-state index contributed by atoms with van der Waals surface area (Å²) >= 11 is 0. The summed E-state index contributed by atoms with van der Waals surface area (Å²) in [5.74, 6) is 6.57. The lowest BCUT2D eigenvalue weighted by Gasteiger charge is -2.33. The maximum absolute atomic E-state index is 10.3. The van der Waals surface area contributed by atoms with Gasteiger partial charge in [0.1, 0.15) is 5.60 Å². The molecule has 0 spiro atoms. The van der Waals surface area contributed by atoms with Gasteiger partial charge < -0.3 is 5.11 Å². The molecule has 1 fully saturated rings. The van der Waals surface area contributed by atoms with Gasteiger partial charge >= 0.3 is 0 Å². The lowest BCUT2D eigenvalue weighted by Crippen LogP contribution is -2.37. The number of aliphatic hydroxyl groups is 1. The molecule has 1 aliphatic carbocycles. The van der Waals surface area contributed by atoms with E-state index in [9.17, 15) is 5.11 Å². The quantitative estimate of drug-likeness (QED) is 0.529. The van der Waals surface area contributed by atoms with E-state index in [1.807, 2.05) is 0 Å². The van der Waals surface area contributed by atoms with Crippen molar-refractivity contribution in [2.75, 3.05) is 0 Å². The van der Waals surface area contributed by atoms with E-state index < -0.39 is 5.60 Å². The number of hydrogen-bond acceptors (Lipinski definition) is 1. The molecule has 1 N–H and O–H groups in total. The van der Waals surface area contributed by atoms with Crippen LogP contribution in [0.1, 0.15) is 58.8 Å². The summed E-state index contributed by atoms with van der Waals surface area (Å²) in [6.07, 6.45) is 7.64. The zero-order chi connectivity index (χ0) is 10.4. The Morgan fingerprint density at radius 2 is 2.21 bits per heavy atom. The van der Waals surface area contributed by atoms with E-state index in [0.29, 0.717) is 5.92 Å². The van der Waals surface area contributed by atoms with Crippen molar-refractivity contribution in [1.82, 2.24) is 0 Å². The predicted molar refractivity (Wildman–Crippen MR) is 59.9 cm³/mol. The fraction of sp³-hybridized carbons (Fsp3) is 0.846. The normalized spacial score (nSPS) is 32.1. The molecule has 1 rings (SSSR count). The van der Waals surface area contributed by atoms with Gasteiger partial charge in [0.05, 0.1) is 0 Å². The lowest BCUT2D eigenvalue weighted by atomic mass is 9.77. The molecule has 1 unspecified atom stereocenters. The number of rotatable bonds is 2. The van der Waals surface area contributed by atoms with E-state index in [0.717, 1.165) is 32.1 Å². The first-order valence-electron chi connectivity index (χ1n) is 5.91. The zero-order valence-corrected chi connectivity index (χ0v) is 9.47. The first-order valence-corrected chi connectivity index (χ1v) is 5.91. The topological polar surface area (TPSA) is 20.2 Å². The second kappa shape index (κ2) is 5.41. The molecule has 1 nitrogen and oxygen atoms in total. The molecule has 0 aromatic heterocycles. The molecule has 0 aromatic carbocycles. The number of hydrogen-bond donors (Lipinski definition) is 1. The number of unbranched alkanes of at least 4 members (excludes halogenated alkanes) is 2. The van der Waals surface area contributed by atoms with Gasteiger partial charge in [0.15, 0.2) is 0 Å². The molecule has 0 heterocycles. The van der Waals surface area contributed by atoms with Crippen molar-refractivity contribution in [1.29, 1.82) is 0 Å². The summed E-state index contributed by atoms with van der Waals surface area (Å²) in [6.45, 7) is 4.29. The van der Waals surface area contributed by atoms with Gasteiger partial charge in [-0.1, -0.05) is 32.6 Å². The SMILES string of the molecule is CCCCC#C[C@@]1(O)CCCCC1C. The zero-order valence-electron chi connectivity index (χ0n) is 9.47. The molecule has 0 saturated heterocycles. The van der Waals surface area contributed by atoms with Crippen molar-refractivity contribution in [3.8, 4) is 11.8 Å². The monoisotopic (exact) mass is 194 g/mol. The van der Waals surface area contributed by atoms with E-state index in [4.69, 9.17) is 0 Å². The van der Waals surface area contributed by atoms with Gasteiger partial charge in [0, 0.05) is 6.42 Å². The van der Waals surface area contributed by atoms with Crippen molar-refractivity contribution in [3.63, 3.8) is 0 Å². The van der Waals surface area contributed by atoms with Gasteiger partial charge in [-0.25, -0.2) is 0 Å². The Hall–Kier alpha value is -0.480. The maximum Gasteiger partial charge on any atom is 0.128 e. The van der Waals surface area contributed by atoms with Crippen molar-refractivity contribution >= 4 is 0 Å². The third kappa shape index (κ3) is 3.03. The van der Waals surface area contributed by atoms with Gasteiger partial charge in [0.2, 0.25) is 0 Å². The highest BCUT2D eigenvalue weighted by Gasteiger charge is 2.33. The van der Waals surface area contributed by atoms with E-state index in [-0.39, 0.29) is 0 Å². The van der Waals surface area contributed by atoms with Gasteiger partial charge in [-0.05, 0) is 31.6 Å². The summed E-state index contributed by atoms with van der Waals surface area (Å²) in [7, 11) is 0. The summed E-state index contributed by atoms with van der Waals surface area (Å²) in [5, 5.41) is 10.3. The summed E-state index contributed by atoms with van der Waals surface area (Å²) < 4.78 is 0. The van der Waals surface area contributed by atoms with Crippen molar-refractivity contribution in [3.05, 3.63) is 0 Å². The van der Waals surface area contributed by atoms with Crippen LogP contribution in [0.3, 0.4) is 0 Å². The third-order valence-electron chi connectivity index (χ3n) is 3.22. The minimum absolute atomic E-state index is 0.352. The van der Waals surface area contributed by atoms with Crippen molar-refractivity contribution in [2.45, 2.75) is 64.4 Å². The van der Waals surface area contributed by atoms with Crippen LogP contribution in [-0.2, 0) is 0 Å². The Bertz CT molecular complexity index is 223. The minimum atomic E-state index is -0.675. The molecule has 0 bridgehead atoms. The molecule has 0 radical (unpaired) electrons. The van der Waals surface area contributed by atoms with E-state index >= 15 is 0 Å². The van der Waals surface area contributed by atoms with Crippen LogP contribution in [0.15, 0.2) is 0 Å².